The zero-order chi connectivity index (χ0) is 28.8. The van der Waals surface area contributed by atoms with Crippen LogP contribution in [0.2, 0.25) is 65.0 Å². The molecule has 0 aliphatic heterocycles. The molecule has 0 atom stereocenters. The first-order valence-corrected chi connectivity index (χ1v) is 23.2. The molecule has 36 heavy (non-hydrogen) atoms. The van der Waals surface area contributed by atoms with E-state index in [9.17, 15) is 35.9 Å². The summed E-state index contributed by atoms with van der Waals surface area (Å²) in [4.78, 5) is 23.2. The van der Waals surface area contributed by atoms with E-state index in [4.69, 9.17) is 17.1 Å². The van der Waals surface area contributed by atoms with Crippen molar-refractivity contribution in [3.05, 3.63) is 12.2 Å². The second-order valence-electron chi connectivity index (χ2n) is 10.8. The topological polar surface area (TPSA) is 80.3 Å². The smallest absolute Gasteiger partial charge is 0.463 e. The first-order valence-electron chi connectivity index (χ1n) is 11.0. The number of rotatable bonds is 13. The molecule has 0 aliphatic carbocycles. The largest absolute Gasteiger partial charge is 0.469 e. The van der Waals surface area contributed by atoms with E-state index in [2.05, 4.69) is 4.74 Å². The summed E-state index contributed by atoms with van der Waals surface area (Å²) < 4.78 is 102. The van der Waals surface area contributed by atoms with Gasteiger partial charge in [0.15, 0.2) is 25.0 Å². The van der Waals surface area contributed by atoms with Gasteiger partial charge in [-0.1, -0.05) is 0 Å². The quantitative estimate of drug-likeness (QED) is 0.0840. The standard InChI is InChI=1S/C19H36F6O7Si4/c1-33(2,3)30-36(31-34(4,5)6,32-35(7,8)9)14-10-13-28-15(26)11-12-16(27)29-17(18(20,21)22)19(23,24)25/h11-12,17H,10,13-14H2,1-9H3/b12-11+. The van der Waals surface area contributed by atoms with E-state index in [0.29, 0.717) is 12.1 Å². The van der Waals surface area contributed by atoms with Crippen LogP contribution in [-0.2, 0) is 31.4 Å². The SMILES string of the molecule is C[Si](C)(C)O[Si](CCCOC(=O)/C=C/C(=O)OC(C(F)(F)F)C(F)(F)F)(O[Si](C)(C)C)O[Si](C)(C)C. The van der Waals surface area contributed by atoms with Crippen LogP contribution >= 0.6 is 0 Å². The molecule has 0 saturated carbocycles. The monoisotopic (exact) mass is 602 g/mol. The minimum Gasteiger partial charge on any atom is -0.463 e. The fraction of sp³-hybridized carbons (Fsp3) is 0.789. The normalized spacial score (nSPS) is 14.4. The van der Waals surface area contributed by atoms with Crippen LogP contribution in [0.25, 0.3) is 0 Å². The summed E-state index contributed by atoms with van der Waals surface area (Å²) in [7, 11) is -9.52. The van der Waals surface area contributed by atoms with Gasteiger partial charge in [-0.2, -0.15) is 26.3 Å². The summed E-state index contributed by atoms with van der Waals surface area (Å²) in [5.41, 5.74) is 0. The summed E-state index contributed by atoms with van der Waals surface area (Å²) in [6.07, 6.45) is -15.2. The Morgan fingerprint density at radius 3 is 1.39 bits per heavy atom. The molecule has 0 amide bonds. The molecule has 0 aliphatic rings. The van der Waals surface area contributed by atoms with E-state index in [1.807, 2.05) is 58.9 Å². The highest BCUT2D eigenvalue weighted by molar-refractivity contribution is 6.90. The summed E-state index contributed by atoms with van der Waals surface area (Å²) in [6.45, 7) is 17.9. The summed E-state index contributed by atoms with van der Waals surface area (Å²) in [6, 6.07) is 0.337. The molecule has 0 rings (SSSR count). The van der Waals surface area contributed by atoms with Gasteiger partial charge in [0.1, 0.15) is 0 Å². The van der Waals surface area contributed by atoms with Gasteiger partial charge in [0.05, 0.1) is 6.61 Å². The van der Waals surface area contributed by atoms with Crippen molar-refractivity contribution in [2.24, 2.45) is 0 Å². The van der Waals surface area contributed by atoms with E-state index < -0.39 is 64.2 Å². The number of halogens is 6. The maximum Gasteiger partial charge on any atom is 0.469 e. The Balaban J connectivity index is 5.21. The first kappa shape index (κ1) is 35.0. The van der Waals surface area contributed by atoms with Gasteiger partial charge in [-0.05, 0) is 65.3 Å². The van der Waals surface area contributed by atoms with Gasteiger partial charge >= 0.3 is 33.1 Å². The third-order valence-electron chi connectivity index (χ3n) is 3.44. The summed E-state index contributed by atoms with van der Waals surface area (Å²) >= 11 is 0. The zero-order valence-corrected chi connectivity index (χ0v) is 26.0. The van der Waals surface area contributed by atoms with Crippen molar-refractivity contribution in [1.82, 2.24) is 0 Å². The summed E-state index contributed by atoms with van der Waals surface area (Å²) in [5.74, 6) is -3.13. The Labute approximate surface area is 212 Å². The molecule has 0 unspecified atom stereocenters. The average Bonchev–Trinajstić information content (AvgIpc) is 2.55. The van der Waals surface area contributed by atoms with E-state index in [-0.39, 0.29) is 19.1 Å². The fourth-order valence-electron chi connectivity index (χ4n) is 2.74. The Hall–Kier alpha value is -0.992. The van der Waals surface area contributed by atoms with Crippen LogP contribution in [0.1, 0.15) is 6.42 Å². The van der Waals surface area contributed by atoms with Crippen LogP contribution in [-0.4, -0.2) is 70.8 Å². The minimum atomic E-state index is -5.85. The molecule has 0 bridgehead atoms. The van der Waals surface area contributed by atoms with Crippen LogP contribution < -0.4 is 0 Å². The van der Waals surface area contributed by atoms with Crippen molar-refractivity contribution in [1.29, 1.82) is 0 Å². The molecule has 0 aromatic carbocycles. The van der Waals surface area contributed by atoms with Crippen molar-refractivity contribution in [2.75, 3.05) is 6.61 Å². The molecule has 0 aromatic heterocycles. The Bertz CT molecular complexity index is 714. The molecule has 0 fully saturated rings. The van der Waals surface area contributed by atoms with E-state index in [0.717, 1.165) is 0 Å². The molecule has 17 heteroatoms. The van der Waals surface area contributed by atoms with Crippen LogP contribution in [0.4, 0.5) is 26.3 Å². The molecular formula is C19H36F6O7Si4. The second kappa shape index (κ2) is 12.7. The van der Waals surface area contributed by atoms with E-state index in [1.165, 1.54) is 0 Å². The van der Waals surface area contributed by atoms with Gasteiger partial charge in [-0.25, -0.2) is 9.59 Å². The maximum atomic E-state index is 12.5. The van der Waals surface area contributed by atoms with Crippen LogP contribution in [0.3, 0.4) is 0 Å². The molecule has 0 saturated heterocycles. The van der Waals surface area contributed by atoms with Crippen molar-refractivity contribution < 1.29 is 57.8 Å². The highest BCUT2D eigenvalue weighted by Gasteiger charge is 2.59. The first-order chi connectivity index (χ1) is 15.7. The lowest BCUT2D eigenvalue weighted by atomic mass is 10.3. The third kappa shape index (κ3) is 16.0. The number of carbonyl (C=O) groups is 2. The Morgan fingerprint density at radius 1 is 0.694 bits per heavy atom. The highest BCUT2D eigenvalue weighted by atomic mass is 28.5. The van der Waals surface area contributed by atoms with E-state index in [1.54, 1.807) is 0 Å². The number of hydrogen-bond acceptors (Lipinski definition) is 7. The molecule has 0 N–H and O–H groups in total. The molecule has 0 spiro atoms. The van der Waals surface area contributed by atoms with Crippen molar-refractivity contribution >= 4 is 45.7 Å². The highest BCUT2D eigenvalue weighted by Crippen LogP contribution is 2.35. The van der Waals surface area contributed by atoms with Gasteiger partial charge in [0.2, 0.25) is 0 Å². The predicted octanol–water partition coefficient (Wildman–Crippen LogP) is 6.01. The minimum absolute atomic E-state index is 0.142. The number of hydrogen-bond donors (Lipinski definition) is 0. The number of ether oxygens (including phenoxy) is 2. The van der Waals surface area contributed by atoms with Gasteiger partial charge in [-0.15, -0.1) is 0 Å². The molecule has 7 nitrogen and oxygen atoms in total. The fourth-order valence-corrected chi connectivity index (χ4v) is 17.4. The van der Waals surface area contributed by atoms with Gasteiger partial charge in [0.25, 0.3) is 6.10 Å². The predicted molar refractivity (Wildman–Crippen MR) is 131 cm³/mol. The van der Waals surface area contributed by atoms with Crippen LogP contribution in [0, 0.1) is 0 Å². The molecule has 212 valence electrons. The maximum absolute atomic E-state index is 12.5. The van der Waals surface area contributed by atoms with Gasteiger partial charge in [0, 0.05) is 18.2 Å². The summed E-state index contributed by atoms with van der Waals surface area (Å²) in [5, 5.41) is 0. The average molecular weight is 603 g/mol. The van der Waals surface area contributed by atoms with E-state index >= 15 is 0 Å². The van der Waals surface area contributed by atoms with Crippen molar-refractivity contribution in [2.45, 2.75) is 89.8 Å². The zero-order valence-electron chi connectivity index (χ0n) is 22.0. The Kier molecular flexibility index (Phi) is 12.4. The molecular weight excluding hydrogens is 567 g/mol. The third-order valence-corrected chi connectivity index (χ3v) is 15.5. The van der Waals surface area contributed by atoms with Crippen molar-refractivity contribution in [3.8, 4) is 0 Å². The van der Waals surface area contributed by atoms with Gasteiger partial charge < -0.3 is 21.8 Å². The lowest BCUT2D eigenvalue weighted by molar-refractivity contribution is -0.312. The lowest BCUT2D eigenvalue weighted by Gasteiger charge is -2.42. The Morgan fingerprint density at radius 2 is 1.06 bits per heavy atom. The van der Waals surface area contributed by atoms with Crippen molar-refractivity contribution in [3.63, 3.8) is 0 Å². The molecule has 0 aromatic rings. The molecule has 0 radical (unpaired) electrons. The number of carbonyl (C=O) groups excluding carboxylic acids is 2. The van der Waals surface area contributed by atoms with Crippen LogP contribution in [0.15, 0.2) is 12.2 Å². The second-order valence-corrected chi connectivity index (χ2v) is 27.8. The van der Waals surface area contributed by atoms with Gasteiger partial charge in [-0.3, -0.25) is 0 Å². The number of esters is 2. The lowest BCUT2D eigenvalue weighted by Crippen LogP contribution is -2.60. The van der Waals surface area contributed by atoms with Crippen LogP contribution in [0.5, 0.6) is 0 Å². The molecule has 0 heterocycles. The number of alkyl halides is 6.